The SMILES string of the molecule is CNC(C)C1CCCCCCCCC1. The van der Waals surface area contributed by atoms with Crippen molar-refractivity contribution in [3.8, 4) is 0 Å². The first-order valence-corrected chi connectivity index (χ1v) is 6.52. The van der Waals surface area contributed by atoms with Gasteiger partial charge in [-0.3, -0.25) is 0 Å². The summed E-state index contributed by atoms with van der Waals surface area (Å²) in [5.74, 6) is 0.929. The number of hydrogen-bond acceptors (Lipinski definition) is 1. The molecule has 84 valence electrons. The normalized spacial score (nSPS) is 24.4. The van der Waals surface area contributed by atoms with Gasteiger partial charge in [-0.15, -0.1) is 0 Å². The Morgan fingerprint density at radius 1 is 0.857 bits per heavy atom. The van der Waals surface area contributed by atoms with E-state index >= 15 is 0 Å². The van der Waals surface area contributed by atoms with Crippen LogP contribution >= 0.6 is 0 Å². The summed E-state index contributed by atoms with van der Waals surface area (Å²) in [7, 11) is 2.10. The first-order valence-electron chi connectivity index (χ1n) is 6.52. The van der Waals surface area contributed by atoms with Crippen molar-refractivity contribution < 1.29 is 0 Å². The van der Waals surface area contributed by atoms with E-state index in [-0.39, 0.29) is 0 Å². The molecule has 0 aromatic heterocycles. The zero-order valence-corrected chi connectivity index (χ0v) is 10.0. The Morgan fingerprint density at radius 3 is 1.71 bits per heavy atom. The molecule has 1 aliphatic carbocycles. The quantitative estimate of drug-likeness (QED) is 0.711. The Kier molecular flexibility index (Phi) is 6.25. The van der Waals surface area contributed by atoms with Crippen molar-refractivity contribution in [2.24, 2.45) is 5.92 Å². The average molecular weight is 197 g/mol. The van der Waals surface area contributed by atoms with Gasteiger partial charge in [-0.1, -0.05) is 44.9 Å². The molecule has 0 spiro atoms. The molecule has 0 aliphatic heterocycles. The van der Waals surface area contributed by atoms with Gasteiger partial charge in [-0.2, -0.15) is 0 Å². The Morgan fingerprint density at radius 2 is 1.29 bits per heavy atom. The molecule has 14 heavy (non-hydrogen) atoms. The van der Waals surface area contributed by atoms with Gasteiger partial charge < -0.3 is 5.32 Å². The van der Waals surface area contributed by atoms with E-state index in [0.29, 0.717) is 0 Å². The molecule has 0 aromatic carbocycles. The van der Waals surface area contributed by atoms with E-state index in [4.69, 9.17) is 0 Å². The molecule has 0 heterocycles. The molecule has 1 atom stereocenters. The summed E-state index contributed by atoms with van der Waals surface area (Å²) >= 11 is 0. The second-order valence-electron chi connectivity index (χ2n) is 4.89. The molecule has 1 aliphatic rings. The Labute approximate surface area is 89.7 Å². The molecule has 1 N–H and O–H groups in total. The predicted octanol–water partition coefficient (Wildman–Crippen LogP) is 3.74. The van der Waals surface area contributed by atoms with Crippen LogP contribution in [0.15, 0.2) is 0 Å². The highest BCUT2D eigenvalue weighted by Crippen LogP contribution is 2.23. The highest BCUT2D eigenvalue weighted by molar-refractivity contribution is 4.71. The van der Waals surface area contributed by atoms with Crippen LogP contribution in [-0.2, 0) is 0 Å². The largest absolute Gasteiger partial charge is 0.317 e. The second kappa shape index (κ2) is 7.28. The molecule has 1 fully saturated rings. The molecule has 1 unspecified atom stereocenters. The lowest BCUT2D eigenvalue weighted by Gasteiger charge is -2.24. The van der Waals surface area contributed by atoms with E-state index in [2.05, 4.69) is 19.3 Å². The summed E-state index contributed by atoms with van der Waals surface area (Å²) in [5.41, 5.74) is 0. The smallest absolute Gasteiger partial charge is 0.00639 e. The van der Waals surface area contributed by atoms with Crippen molar-refractivity contribution >= 4 is 0 Å². The molecular formula is C13H27N. The van der Waals surface area contributed by atoms with Crippen molar-refractivity contribution in [3.63, 3.8) is 0 Å². The van der Waals surface area contributed by atoms with Crippen LogP contribution in [0.1, 0.15) is 64.7 Å². The summed E-state index contributed by atoms with van der Waals surface area (Å²) in [4.78, 5) is 0. The van der Waals surface area contributed by atoms with Gasteiger partial charge in [0.1, 0.15) is 0 Å². The molecule has 0 radical (unpaired) electrons. The van der Waals surface area contributed by atoms with Crippen LogP contribution in [0.25, 0.3) is 0 Å². The molecule has 0 saturated heterocycles. The highest BCUT2D eigenvalue weighted by atomic mass is 14.9. The Hall–Kier alpha value is -0.0400. The third-order valence-corrected chi connectivity index (χ3v) is 3.81. The van der Waals surface area contributed by atoms with E-state index in [1.54, 1.807) is 0 Å². The lowest BCUT2D eigenvalue weighted by Crippen LogP contribution is -2.30. The van der Waals surface area contributed by atoms with Gasteiger partial charge in [-0.25, -0.2) is 0 Å². The van der Waals surface area contributed by atoms with Gasteiger partial charge in [0, 0.05) is 6.04 Å². The molecule has 1 nitrogen and oxygen atoms in total. The lowest BCUT2D eigenvalue weighted by molar-refractivity contribution is 0.318. The molecule has 0 amide bonds. The van der Waals surface area contributed by atoms with Gasteiger partial charge in [0.15, 0.2) is 0 Å². The van der Waals surface area contributed by atoms with Gasteiger partial charge in [0.05, 0.1) is 0 Å². The van der Waals surface area contributed by atoms with Crippen LogP contribution in [-0.4, -0.2) is 13.1 Å². The van der Waals surface area contributed by atoms with Crippen molar-refractivity contribution in [1.29, 1.82) is 0 Å². The standard InChI is InChI=1S/C13H27N/c1-12(14-2)13-10-8-6-4-3-5-7-9-11-13/h12-14H,3-11H2,1-2H3. The first kappa shape index (κ1) is 12.0. The van der Waals surface area contributed by atoms with Crippen molar-refractivity contribution in [1.82, 2.24) is 5.32 Å². The summed E-state index contributed by atoms with van der Waals surface area (Å²) in [5, 5.41) is 3.42. The van der Waals surface area contributed by atoms with Gasteiger partial charge >= 0.3 is 0 Å². The van der Waals surface area contributed by atoms with E-state index in [1.165, 1.54) is 57.8 Å². The summed E-state index contributed by atoms with van der Waals surface area (Å²) < 4.78 is 0. The monoisotopic (exact) mass is 197 g/mol. The zero-order chi connectivity index (χ0) is 10.2. The predicted molar refractivity (Wildman–Crippen MR) is 63.6 cm³/mol. The Bertz CT molecular complexity index is 123. The van der Waals surface area contributed by atoms with Crippen LogP contribution in [0.5, 0.6) is 0 Å². The third-order valence-electron chi connectivity index (χ3n) is 3.81. The number of hydrogen-bond donors (Lipinski definition) is 1. The summed E-state index contributed by atoms with van der Waals surface area (Å²) in [6.45, 7) is 2.34. The first-order chi connectivity index (χ1) is 6.84. The van der Waals surface area contributed by atoms with Crippen molar-refractivity contribution in [3.05, 3.63) is 0 Å². The van der Waals surface area contributed by atoms with Crippen LogP contribution in [0.3, 0.4) is 0 Å². The molecule has 1 rings (SSSR count). The molecule has 0 aromatic rings. The minimum atomic E-state index is 0.717. The van der Waals surface area contributed by atoms with Crippen molar-refractivity contribution in [2.75, 3.05) is 7.05 Å². The summed E-state index contributed by atoms with van der Waals surface area (Å²) in [6, 6.07) is 0.717. The summed E-state index contributed by atoms with van der Waals surface area (Å²) in [6.07, 6.45) is 13.2. The third kappa shape index (κ3) is 4.45. The van der Waals surface area contributed by atoms with E-state index < -0.39 is 0 Å². The highest BCUT2D eigenvalue weighted by Gasteiger charge is 2.15. The lowest BCUT2D eigenvalue weighted by atomic mass is 9.88. The van der Waals surface area contributed by atoms with E-state index in [0.717, 1.165) is 12.0 Å². The average Bonchev–Trinajstić information content (AvgIpc) is 2.24. The van der Waals surface area contributed by atoms with Crippen molar-refractivity contribution in [2.45, 2.75) is 70.8 Å². The maximum atomic E-state index is 3.42. The molecule has 1 saturated carbocycles. The van der Waals surface area contributed by atoms with Crippen LogP contribution in [0, 0.1) is 5.92 Å². The molecule has 1 heteroatoms. The van der Waals surface area contributed by atoms with Gasteiger partial charge in [0.25, 0.3) is 0 Å². The second-order valence-corrected chi connectivity index (χ2v) is 4.89. The fourth-order valence-electron chi connectivity index (χ4n) is 2.58. The molecular weight excluding hydrogens is 170 g/mol. The van der Waals surface area contributed by atoms with Gasteiger partial charge in [-0.05, 0) is 32.7 Å². The maximum absolute atomic E-state index is 3.42. The topological polar surface area (TPSA) is 12.0 Å². The van der Waals surface area contributed by atoms with Gasteiger partial charge in [0.2, 0.25) is 0 Å². The fraction of sp³-hybridized carbons (Fsp3) is 1.00. The van der Waals surface area contributed by atoms with Crippen LogP contribution in [0.2, 0.25) is 0 Å². The van der Waals surface area contributed by atoms with Crippen LogP contribution < -0.4 is 5.32 Å². The fourth-order valence-corrected chi connectivity index (χ4v) is 2.58. The number of rotatable bonds is 2. The van der Waals surface area contributed by atoms with E-state index in [9.17, 15) is 0 Å². The Balaban J connectivity index is 2.30. The molecule has 0 bridgehead atoms. The minimum Gasteiger partial charge on any atom is -0.317 e. The minimum absolute atomic E-state index is 0.717. The maximum Gasteiger partial charge on any atom is 0.00639 e. The van der Waals surface area contributed by atoms with Crippen LogP contribution in [0.4, 0.5) is 0 Å². The van der Waals surface area contributed by atoms with E-state index in [1.807, 2.05) is 0 Å². The zero-order valence-electron chi connectivity index (χ0n) is 10.0. The number of nitrogens with one attached hydrogen (secondary N) is 1.